The van der Waals surface area contributed by atoms with Crippen LogP contribution in [0.5, 0.6) is 0 Å². The zero-order valence-corrected chi connectivity index (χ0v) is 15.5. The molecule has 3 aromatic heterocycles. The van der Waals surface area contributed by atoms with E-state index in [1.54, 1.807) is 17.0 Å². The fourth-order valence-corrected chi connectivity index (χ4v) is 3.30. The van der Waals surface area contributed by atoms with Crippen LogP contribution in [0.15, 0.2) is 30.6 Å². The lowest BCUT2D eigenvalue weighted by Gasteiger charge is -2.15. The van der Waals surface area contributed by atoms with E-state index in [9.17, 15) is 4.79 Å². The monoisotopic (exact) mass is 366 g/mol. The van der Waals surface area contributed by atoms with Crippen LogP contribution >= 0.6 is 0 Å². The van der Waals surface area contributed by atoms with Gasteiger partial charge in [-0.05, 0) is 18.6 Å². The van der Waals surface area contributed by atoms with Gasteiger partial charge in [-0.3, -0.25) is 15.1 Å². The predicted octanol–water partition coefficient (Wildman–Crippen LogP) is 2.41. The molecule has 0 aromatic carbocycles. The van der Waals surface area contributed by atoms with Crippen molar-refractivity contribution >= 4 is 11.9 Å². The summed E-state index contributed by atoms with van der Waals surface area (Å²) in [4.78, 5) is 26.1. The highest BCUT2D eigenvalue weighted by atomic mass is 16.5. The number of pyridine rings is 1. The Labute approximate surface area is 157 Å². The van der Waals surface area contributed by atoms with Crippen molar-refractivity contribution in [1.29, 1.82) is 0 Å². The lowest BCUT2D eigenvalue weighted by Crippen LogP contribution is -2.18. The molecule has 0 spiro atoms. The number of carbonyl (C=O) groups excluding carboxylic acids is 1. The van der Waals surface area contributed by atoms with Gasteiger partial charge in [-0.2, -0.15) is 0 Å². The Morgan fingerprint density at radius 1 is 1.33 bits per heavy atom. The molecule has 8 heteroatoms. The maximum Gasteiger partial charge on any atom is 0.278 e. The second kappa shape index (κ2) is 7.32. The van der Waals surface area contributed by atoms with E-state index >= 15 is 0 Å². The van der Waals surface area contributed by atoms with Crippen LogP contribution in [0.4, 0.5) is 5.95 Å². The quantitative estimate of drug-likeness (QED) is 0.749. The number of imidazole rings is 2. The third-order valence-electron chi connectivity index (χ3n) is 4.55. The number of aryl methyl sites for hydroxylation is 1. The second-order valence-corrected chi connectivity index (χ2v) is 6.51. The number of nitrogens with zero attached hydrogens (tertiary/aromatic N) is 5. The van der Waals surface area contributed by atoms with Crippen molar-refractivity contribution in [1.82, 2.24) is 24.1 Å². The van der Waals surface area contributed by atoms with E-state index in [2.05, 4.69) is 31.8 Å². The topological polar surface area (TPSA) is 86.9 Å². The molecule has 4 rings (SSSR count). The minimum absolute atomic E-state index is 0.284. The predicted molar refractivity (Wildman–Crippen MR) is 100 cm³/mol. The molecule has 1 amide bonds. The molecule has 3 aromatic rings. The highest BCUT2D eigenvalue weighted by Crippen LogP contribution is 2.23. The van der Waals surface area contributed by atoms with Crippen molar-refractivity contribution in [3.63, 3.8) is 0 Å². The second-order valence-electron chi connectivity index (χ2n) is 6.51. The first-order valence-corrected chi connectivity index (χ1v) is 9.09. The number of anilines is 1. The third-order valence-corrected chi connectivity index (χ3v) is 4.55. The first-order chi connectivity index (χ1) is 13.2. The number of carbonyl (C=O) groups is 1. The van der Waals surface area contributed by atoms with Crippen molar-refractivity contribution in [2.45, 2.75) is 32.9 Å². The van der Waals surface area contributed by atoms with Gasteiger partial charge in [-0.15, -0.1) is 0 Å². The Balaban J connectivity index is 1.61. The van der Waals surface area contributed by atoms with Gasteiger partial charge in [0.2, 0.25) is 5.95 Å². The molecule has 1 aliphatic heterocycles. The van der Waals surface area contributed by atoms with Crippen LogP contribution in [0.25, 0.3) is 11.5 Å². The number of ether oxygens (including phenoxy) is 1. The number of hydrogen-bond donors (Lipinski definition) is 1. The zero-order chi connectivity index (χ0) is 18.8. The number of fused-ring (bicyclic) bond motifs is 1. The average molecular weight is 366 g/mol. The molecule has 27 heavy (non-hydrogen) atoms. The molecule has 0 radical (unpaired) electrons. The summed E-state index contributed by atoms with van der Waals surface area (Å²) in [7, 11) is 1.85. The van der Waals surface area contributed by atoms with Crippen LogP contribution in [-0.2, 0) is 31.4 Å². The molecule has 0 saturated heterocycles. The Morgan fingerprint density at radius 2 is 2.22 bits per heavy atom. The van der Waals surface area contributed by atoms with E-state index in [-0.39, 0.29) is 5.91 Å². The van der Waals surface area contributed by atoms with Crippen molar-refractivity contribution in [3.05, 3.63) is 47.7 Å². The summed E-state index contributed by atoms with van der Waals surface area (Å²) in [6.45, 7) is 4.08. The third kappa shape index (κ3) is 3.35. The minimum atomic E-state index is -0.284. The maximum absolute atomic E-state index is 12.8. The Bertz CT molecular complexity index is 960. The number of aromatic nitrogens is 5. The summed E-state index contributed by atoms with van der Waals surface area (Å²) < 4.78 is 9.37. The molecule has 0 aliphatic carbocycles. The molecule has 140 valence electrons. The van der Waals surface area contributed by atoms with Gasteiger partial charge in [0.15, 0.2) is 5.82 Å². The molecule has 0 fully saturated rings. The lowest BCUT2D eigenvalue weighted by molar-refractivity contribution is 0.102. The number of nitrogens with one attached hydrogen (secondary N) is 1. The van der Waals surface area contributed by atoms with E-state index < -0.39 is 0 Å². The van der Waals surface area contributed by atoms with Crippen molar-refractivity contribution in [2.24, 2.45) is 7.05 Å². The van der Waals surface area contributed by atoms with E-state index in [0.29, 0.717) is 30.7 Å². The van der Waals surface area contributed by atoms with Crippen LogP contribution < -0.4 is 5.32 Å². The van der Waals surface area contributed by atoms with Gasteiger partial charge in [0.1, 0.15) is 11.4 Å². The molecular formula is C19H22N6O2. The van der Waals surface area contributed by atoms with E-state index in [0.717, 1.165) is 36.5 Å². The van der Waals surface area contributed by atoms with Gasteiger partial charge in [0, 0.05) is 38.1 Å². The molecule has 0 bridgehead atoms. The first kappa shape index (κ1) is 17.4. The molecule has 0 saturated carbocycles. The zero-order valence-electron chi connectivity index (χ0n) is 15.5. The van der Waals surface area contributed by atoms with E-state index in [1.165, 1.54) is 0 Å². The first-order valence-electron chi connectivity index (χ1n) is 9.09. The fourth-order valence-electron chi connectivity index (χ4n) is 3.30. The molecule has 0 atom stereocenters. The number of amides is 1. The Hall–Kier alpha value is -3.00. The summed E-state index contributed by atoms with van der Waals surface area (Å²) in [5, 5.41) is 2.92. The van der Waals surface area contributed by atoms with Gasteiger partial charge in [0.25, 0.3) is 5.91 Å². The van der Waals surface area contributed by atoms with Crippen LogP contribution in [0.2, 0.25) is 0 Å². The SMILES string of the molecule is CCCn1c(NC(=O)c2cn(C)c(-c3ccccn3)n2)nc2c1CCOC2. The minimum Gasteiger partial charge on any atom is -0.375 e. The van der Waals surface area contributed by atoms with E-state index in [4.69, 9.17) is 4.74 Å². The number of rotatable bonds is 5. The smallest absolute Gasteiger partial charge is 0.278 e. The van der Waals surface area contributed by atoms with Crippen molar-refractivity contribution < 1.29 is 9.53 Å². The lowest BCUT2D eigenvalue weighted by atomic mass is 10.2. The van der Waals surface area contributed by atoms with Gasteiger partial charge in [-0.1, -0.05) is 13.0 Å². The molecule has 1 N–H and O–H groups in total. The summed E-state index contributed by atoms with van der Waals surface area (Å²) in [6, 6.07) is 5.61. The van der Waals surface area contributed by atoms with Crippen molar-refractivity contribution in [3.8, 4) is 11.5 Å². The molecule has 8 nitrogen and oxygen atoms in total. The largest absolute Gasteiger partial charge is 0.375 e. The molecular weight excluding hydrogens is 344 g/mol. The summed E-state index contributed by atoms with van der Waals surface area (Å²) >= 11 is 0. The summed E-state index contributed by atoms with van der Waals surface area (Å²) in [5.41, 5.74) is 3.10. The molecule has 4 heterocycles. The highest BCUT2D eigenvalue weighted by molar-refractivity contribution is 6.02. The average Bonchev–Trinajstić information content (AvgIpc) is 3.24. The Kier molecular flexibility index (Phi) is 4.72. The molecule has 1 aliphatic rings. The van der Waals surface area contributed by atoms with E-state index in [1.807, 2.05) is 25.2 Å². The normalized spacial score (nSPS) is 13.4. The summed E-state index contributed by atoms with van der Waals surface area (Å²) in [5.74, 6) is 0.918. The summed E-state index contributed by atoms with van der Waals surface area (Å²) in [6.07, 6.45) is 5.18. The van der Waals surface area contributed by atoms with Gasteiger partial charge < -0.3 is 13.9 Å². The van der Waals surface area contributed by atoms with Gasteiger partial charge in [-0.25, -0.2) is 9.97 Å². The standard InChI is InChI=1S/C19H22N6O2/c1-3-9-25-16-7-10-27-12-15(16)22-19(25)23-18(26)14-11-24(2)17(21-14)13-6-4-5-8-20-13/h4-6,8,11H,3,7,9-10,12H2,1-2H3,(H,22,23,26). The maximum atomic E-state index is 12.8. The van der Waals surface area contributed by atoms with Gasteiger partial charge in [0.05, 0.1) is 18.9 Å². The fraction of sp³-hybridized carbons (Fsp3) is 0.368. The van der Waals surface area contributed by atoms with Gasteiger partial charge >= 0.3 is 0 Å². The molecule has 0 unspecified atom stereocenters. The van der Waals surface area contributed by atoms with Crippen molar-refractivity contribution in [2.75, 3.05) is 11.9 Å². The van der Waals surface area contributed by atoms with Crippen LogP contribution in [0.1, 0.15) is 35.2 Å². The van der Waals surface area contributed by atoms with Crippen LogP contribution in [0.3, 0.4) is 0 Å². The number of hydrogen-bond acceptors (Lipinski definition) is 5. The van der Waals surface area contributed by atoms with Crippen LogP contribution in [0, 0.1) is 0 Å². The highest BCUT2D eigenvalue weighted by Gasteiger charge is 2.22. The van der Waals surface area contributed by atoms with Crippen LogP contribution in [-0.4, -0.2) is 36.6 Å². The Morgan fingerprint density at radius 3 is 3.00 bits per heavy atom.